The van der Waals surface area contributed by atoms with Crippen LogP contribution in [0.25, 0.3) is 0 Å². The molecule has 1 fully saturated rings. The molecule has 0 spiro atoms. The fraction of sp³-hybridized carbons (Fsp3) is 0.562. The monoisotopic (exact) mass is 291 g/mol. The summed E-state index contributed by atoms with van der Waals surface area (Å²) in [5.74, 6) is 0. The Morgan fingerprint density at radius 1 is 1.38 bits per heavy atom. The molecule has 2 amide bonds. The Balaban J connectivity index is 1.82. The first-order chi connectivity index (χ1) is 10.2. The molecule has 116 valence electrons. The van der Waals surface area contributed by atoms with E-state index >= 15 is 0 Å². The van der Waals surface area contributed by atoms with E-state index < -0.39 is 0 Å². The number of nitrogens with zero attached hydrogens (tertiary/aromatic N) is 2. The Morgan fingerprint density at radius 3 is 2.81 bits per heavy atom. The summed E-state index contributed by atoms with van der Waals surface area (Å²) in [6.45, 7) is 9.71. The van der Waals surface area contributed by atoms with E-state index in [9.17, 15) is 4.79 Å². The normalized spacial score (nSPS) is 15.7. The van der Waals surface area contributed by atoms with E-state index in [0.29, 0.717) is 13.1 Å². The van der Waals surface area contributed by atoms with Crippen molar-refractivity contribution in [2.45, 2.75) is 13.8 Å². The van der Waals surface area contributed by atoms with Gasteiger partial charge in [-0.25, -0.2) is 4.79 Å². The summed E-state index contributed by atoms with van der Waals surface area (Å²) in [5, 5.41) is 3.00. The number of benzene rings is 1. The maximum atomic E-state index is 12.3. The summed E-state index contributed by atoms with van der Waals surface area (Å²) < 4.78 is 5.31. The van der Waals surface area contributed by atoms with Crippen molar-refractivity contribution in [3.05, 3.63) is 29.8 Å². The number of hydrogen-bond donors (Lipinski definition) is 1. The predicted molar refractivity (Wildman–Crippen MR) is 84.9 cm³/mol. The number of carbonyl (C=O) groups excluding carboxylic acids is 1. The second-order valence-electron chi connectivity index (χ2n) is 5.27. The Hall–Kier alpha value is -1.59. The molecule has 1 heterocycles. The van der Waals surface area contributed by atoms with Crippen LogP contribution in [0.2, 0.25) is 0 Å². The molecule has 0 bridgehead atoms. The van der Waals surface area contributed by atoms with E-state index in [2.05, 4.69) is 10.2 Å². The van der Waals surface area contributed by atoms with Crippen LogP contribution in [0.1, 0.15) is 12.5 Å². The quantitative estimate of drug-likeness (QED) is 0.900. The standard InChI is InChI=1S/C16H25N3O2/c1-3-19(15-6-4-5-14(2)13-15)16(20)17-7-8-18-9-11-21-12-10-18/h4-6,13H,3,7-12H2,1-2H3,(H,17,20). The Morgan fingerprint density at radius 2 is 2.14 bits per heavy atom. The first-order valence-electron chi connectivity index (χ1n) is 7.63. The highest BCUT2D eigenvalue weighted by Crippen LogP contribution is 2.15. The third-order valence-corrected chi connectivity index (χ3v) is 3.68. The van der Waals surface area contributed by atoms with Crippen molar-refractivity contribution in [2.24, 2.45) is 0 Å². The molecule has 0 radical (unpaired) electrons. The molecule has 21 heavy (non-hydrogen) atoms. The smallest absolute Gasteiger partial charge is 0.321 e. The molecule has 0 aliphatic carbocycles. The zero-order valence-electron chi connectivity index (χ0n) is 13.0. The van der Waals surface area contributed by atoms with Crippen molar-refractivity contribution >= 4 is 11.7 Å². The highest BCUT2D eigenvalue weighted by molar-refractivity contribution is 5.91. The van der Waals surface area contributed by atoms with Crippen molar-refractivity contribution in [2.75, 3.05) is 50.8 Å². The lowest BCUT2D eigenvalue weighted by molar-refractivity contribution is 0.0387. The maximum absolute atomic E-state index is 12.3. The van der Waals surface area contributed by atoms with Gasteiger partial charge in [-0.3, -0.25) is 9.80 Å². The van der Waals surface area contributed by atoms with Crippen molar-refractivity contribution in [1.29, 1.82) is 0 Å². The molecule has 1 aromatic rings. The molecule has 1 N–H and O–H groups in total. The van der Waals surface area contributed by atoms with E-state index in [-0.39, 0.29) is 6.03 Å². The zero-order valence-corrected chi connectivity index (χ0v) is 13.0. The van der Waals surface area contributed by atoms with Crippen molar-refractivity contribution in [3.63, 3.8) is 0 Å². The summed E-state index contributed by atoms with van der Waals surface area (Å²) >= 11 is 0. The van der Waals surface area contributed by atoms with Gasteiger partial charge >= 0.3 is 6.03 Å². The van der Waals surface area contributed by atoms with E-state index in [1.54, 1.807) is 4.90 Å². The summed E-state index contributed by atoms with van der Waals surface area (Å²) in [7, 11) is 0. The first-order valence-corrected chi connectivity index (χ1v) is 7.63. The van der Waals surface area contributed by atoms with Crippen LogP contribution >= 0.6 is 0 Å². The molecule has 2 rings (SSSR count). The molecule has 5 heteroatoms. The molecule has 0 unspecified atom stereocenters. The Kier molecular flexibility index (Phi) is 6.02. The number of ether oxygens (including phenoxy) is 1. The molecule has 0 saturated carbocycles. The predicted octanol–water partition coefficient (Wildman–Crippen LogP) is 1.86. The van der Waals surface area contributed by atoms with Crippen LogP contribution in [0.5, 0.6) is 0 Å². The van der Waals surface area contributed by atoms with Gasteiger partial charge < -0.3 is 10.1 Å². The minimum atomic E-state index is -0.0311. The molecule has 1 aliphatic heterocycles. The van der Waals surface area contributed by atoms with Gasteiger partial charge in [0.05, 0.1) is 13.2 Å². The lowest BCUT2D eigenvalue weighted by Crippen LogP contribution is -2.45. The number of nitrogens with one attached hydrogen (secondary N) is 1. The molecule has 5 nitrogen and oxygen atoms in total. The van der Waals surface area contributed by atoms with Gasteiger partial charge in [-0.2, -0.15) is 0 Å². The van der Waals surface area contributed by atoms with E-state index in [1.165, 1.54) is 0 Å². The maximum Gasteiger partial charge on any atom is 0.321 e. The summed E-state index contributed by atoms with van der Waals surface area (Å²) in [5.41, 5.74) is 2.11. The average Bonchev–Trinajstić information content (AvgIpc) is 2.49. The van der Waals surface area contributed by atoms with Gasteiger partial charge in [0.1, 0.15) is 0 Å². The lowest BCUT2D eigenvalue weighted by atomic mass is 10.2. The number of amides is 2. The highest BCUT2D eigenvalue weighted by Gasteiger charge is 2.14. The van der Waals surface area contributed by atoms with Crippen LogP contribution in [-0.4, -0.2) is 56.9 Å². The van der Waals surface area contributed by atoms with Crippen LogP contribution < -0.4 is 10.2 Å². The molecule has 1 saturated heterocycles. The summed E-state index contributed by atoms with van der Waals surface area (Å²) in [6.07, 6.45) is 0. The van der Waals surface area contributed by atoms with Gasteiger partial charge in [-0.05, 0) is 31.5 Å². The van der Waals surface area contributed by atoms with Gasteiger partial charge in [0.2, 0.25) is 0 Å². The minimum absolute atomic E-state index is 0.0311. The summed E-state index contributed by atoms with van der Waals surface area (Å²) in [4.78, 5) is 16.4. The number of morpholine rings is 1. The number of rotatable bonds is 5. The fourth-order valence-corrected chi connectivity index (χ4v) is 2.48. The number of hydrogen-bond acceptors (Lipinski definition) is 3. The zero-order chi connectivity index (χ0) is 15.1. The Labute approximate surface area is 126 Å². The van der Waals surface area contributed by atoms with Crippen LogP contribution in [0.4, 0.5) is 10.5 Å². The third kappa shape index (κ3) is 4.72. The van der Waals surface area contributed by atoms with E-state index in [0.717, 1.165) is 44.1 Å². The van der Waals surface area contributed by atoms with Gasteiger partial charge in [-0.15, -0.1) is 0 Å². The Bertz CT molecular complexity index is 459. The SMILES string of the molecule is CCN(C(=O)NCCN1CCOCC1)c1cccc(C)c1. The molecular weight excluding hydrogens is 266 g/mol. The van der Waals surface area contributed by atoms with E-state index in [4.69, 9.17) is 4.74 Å². The number of urea groups is 1. The van der Waals surface area contributed by atoms with Gasteiger partial charge in [0.25, 0.3) is 0 Å². The number of anilines is 1. The van der Waals surface area contributed by atoms with Crippen LogP contribution in [0.15, 0.2) is 24.3 Å². The van der Waals surface area contributed by atoms with E-state index in [1.807, 2.05) is 38.1 Å². The van der Waals surface area contributed by atoms with Crippen molar-refractivity contribution < 1.29 is 9.53 Å². The molecule has 0 atom stereocenters. The second-order valence-corrected chi connectivity index (χ2v) is 5.27. The van der Waals surface area contributed by atoms with Crippen LogP contribution in [-0.2, 0) is 4.74 Å². The topological polar surface area (TPSA) is 44.8 Å². The second kappa shape index (κ2) is 8.00. The average molecular weight is 291 g/mol. The van der Waals surface area contributed by atoms with Crippen LogP contribution in [0.3, 0.4) is 0 Å². The van der Waals surface area contributed by atoms with Crippen molar-refractivity contribution in [3.8, 4) is 0 Å². The fourth-order valence-electron chi connectivity index (χ4n) is 2.48. The minimum Gasteiger partial charge on any atom is -0.379 e. The largest absolute Gasteiger partial charge is 0.379 e. The van der Waals surface area contributed by atoms with Crippen molar-refractivity contribution in [1.82, 2.24) is 10.2 Å². The molecule has 1 aliphatic rings. The van der Waals surface area contributed by atoms with Gasteiger partial charge in [-0.1, -0.05) is 12.1 Å². The number of aryl methyl sites for hydroxylation is 1. The first kappa shape index (κ1) is 15.8. The molecule has 1 aromatic carbocycles. The lowest BCUT2D eigenvalue weighted by Gasteiger charge is -2.27. The highest BCUT2D eigenvalue weighted by atomic mass is 16.5. The van der Waals surface area contributed by atoms with Gasteiger partial charge in [0.15, 0.2) is 0 Å². The third-order valence-electron chi connectivity index (χ3n) is 3.68. The van der Waals surface area contributed by atoms with Crippen LogP contribution in [0, 0.1) is 6.92 Å². The molecule has 0 aromatic heterocycles. The summed E-state index contributed by atoms with van der Waals surface area (Å²) in [6, 6.07) is 7.99. The number of carbonyl (C=O) groups is 1. The molecular formula is C16H25N3O2. The van der Waals surface area contributed by atoms with Gasteiger partial charge in [0, 0.05) is 38.4 Å².